The second-order valence-corrected chi connectivity index (χ2v) is 0. The standard InChI is InChI=1S/Ga.Hg.K.Sn.6H/q;;+1;;;;;;;-1. The van der Waals surface area contributed by atoms with Crippen molar-refractivity contribution in [2.45, 2.75) is 0 Å². The average Bonchev–Trinajstić information content (AvgIpc) is 0. The molecular formula is H6GaHgKSn. The molecule has 0 N–H and O–H groups in total. The minimum absolute atomic E-state index is 0. The quantitative estimate of drug-likeness (QED) is 0.336. The fourth-order valence-electron chi connectivity index (χ4n) is 0. The van der Waals surface area contributed by atoms with Crippen molar-refractivity contribution in [3.63, 3.8) is 0 Å². The van der Waals surface area contributed by atoms with Crippen LogP contribution in [0, 0.1) is 0 Å². The molecule has 0 fully saturated rings. The Morgan fingerprint density at radius 3 is 1.25 bits per heavy atom. The predicted octanol–water partition coefficient (Wildman–Crippen LogP) is -4.99. The number of hydrogen-bond acceptors (Lipinski definition) is 0. The molecule has 0 aromatic carbocycles. The molecule has 0 spiro atoms. The molecule has 0 aliphatic rings. The molecule has 0 aromatic heterocycles. The summed E-state index contributed by atoms with van der Waals surface area (Å²) in [5.41, 5.74) is 0. The van der Waals surface area contributed by atoms with Crippen LogP contribution >= 0.6 is 0 Å². The van der Waals surface area contributed by atoms with E-state index >= 15 is 0 Å². The summed E-state index contributed by atoms with van der Waals surface area (Å²) in [5.74, 6) is 0. The summed E-state index contributed by atoms with van der Waals surface area (Å²) in [5, 5.41) is 0. The topological polar surface area (TPSA) is 0 Å². The second kappa shape index (κ2) is 15.7. The molecule has 0 rings (SSSR count). The van der Waals surface area contributed by atoms with Crippen molar-refractivity contribution in [2.75, 3.05) is 0 Å². The molecule has 4 heavy (non-hydrogen) atoms. The fourth-order valence-corrected chi connectivity index (χ4v) is 0. The van der Waals surface area contributed by atoms with E-state index < -0.39 is 0 Å². The van der Waals surface area contributed by atoms with Crippen LogP contribution in [0.3, 0.4) is 0 Å². The van der Waals surface area contributed by atoms with Gasteiger partial charge in [0.05, 0.1) is 0 Å². The Morgan fingerprint density at radius 2 is 1.25 bits per heavy atom. The van der Waals surface area contributed by atoms with E-state index in [4.69, 9.17) is 0 Å². The van der Waals surface area contributed by atoms with Gasteiger partial charge in [-0.2, -0.15) is 0 Å². The third-order valence-corrected chi connectivity index (χ3v) is 0. The minimum atomic E-state index is 0. The molecule has 0 nitrogen and oxygen atoms in total. The number of hydrogen-bond donors (Lipinski definition) is 0. The van der Waals surface area contributed by atoms with Crippen LogP contribution in [0.2, 0.25) is 0 Å². The van der Waals surface area contributed by atoms with Crippen LogP contribution in [0.25, 0.3) is 0 Å². The third-order valence-electron chi connectivity index (χ3n) is 0. The van der Waals surface area contributed by atoms with E-state index in [-0.39, 0.29) is 124 Å². The van der Waals surface area contributed by atoms with Gasteiger partial charge in [0.15, 0.2) is 0 Å². The van der Waals surface area contributed by atoms with E-state index in [1.165, 1.54) is 0 Å². The molecule has 0 heterocycles. The third kappa shape index (κ3) is 9.38. The Bertz CT molecular complexity index is 11.6. The normalized spacial score (nSPS) is 0. The SMILES string of the molecule is [GaH3].[H-].[Hg].[K+].[SnH2]. The first-order valence-electron chi connectivity index (χ1n) is 0. The summed E-state index contributed by atoms with van der Waals surface area (Å²) < 4.78 is 0. The predicted molar refractivity (Wildman–Crippen MR) is 19.6 cm³/mol. The van der Waals surface area contributed by atoms with Gasteiger partial charge in [0, 0.05) is 27.7 Å². The van der Waals surface area contributed by atoms with Gasteiger partial charge < -0.3 is 1.43 Å². The van der Waals surface area contributed by atoms with E-state index in [0.717, 1.165) is 0 Å². The van der Waals surface area contributed by atoms with Crippen LogP contribution in [-0.4, -0.2) is 43.7 Å². The molecule has 0 saturated heterocycles. The van der Waals surface area contributed by atoms with Crippen molar-refractivity contribution in [2.24, 2.45) is 0 Å². The zero-order valence-corrected chi connectivity index (χ0v) is 15.1. The molecule has 0 aliphatic carbocycles. The summed E-state index contributed by atoms with van der Waals surface area (Å²) in [6, 6.07) is 0. The van der Waals surface area contributed by atoms with Crippen LogP contribution in [-0.2, 0) is 27.7 Å². The summed E-state index contributed by atoms with van der Waals surface area (Å²) >= 11 is 0. The van der Waals surface area contributed by atoms with Gasteiger partial charge >= 0.3 is 95.1 Å². The fraction of sp³-hybridized carbons (Fsp3) is 0. The molecular weight excluding hydrogens is 428 g/mol. The van der Waals surface area contributed by atoms with Crippen molar-refractivity contribution in [3.05, 3.63) is 0 Å². The Kier molecular flexibility index (Phi) is 96.4. The van der Waals surface area contributed by atoms with E-state index in [9.17, 15) is 0 Å². The Labute approximate surface area is 121 Å². The summed E-state index contributed by atoms with van der Waals surface area (Å²) in [6.07, 6.45) is 0. The number of rotatable bonds is 0. The Balaban J connectivity index is 0. The van der Waals surface area contributed by atoms with E-state index in [2.05, 4.69) is 0 Å². The first-order valence-corrected chi connectivity index (χ1v) is 0. The molecule has 0 aliphatic heterocycles. The van der Waals surface area contributed by atoms with Gasteiger partial charge in [0.25, 0.3) is 0 Å². The van der Waals surface area contributed by atoms with Crippen molar-refractivity contribution >= 4 is 43.7 Å². The van der Waals surface area contributed by atoms with E-state index in [1.54, 1.807) is 0 Å². The van der Waals surface area contributed by atoms with Crippen molar-refractivity contribution in [1.82, 2.24) is 0 Å². The van der Waals surface area contributed by atoms with Crippen LogP contribution in [0.1, 0.15) is 1.43 Å². The van der Waals surface area contributed by atoms with Gasteiger partial charge in [-0.3, -0.25) is 0 Å². The van der Waals surface area contributed by atoms with Gasteiger partial charge in [-0.1, -0.05) is 0 Å². The van der Waals surface area contributed by atoms with E-state index in [0.29, 0.717) is 0 Å². The summed E-state index contributed by atoms with van der Waals surface area (Å²) in [6.45, 7) is 0. The Morgan fingerprint density at radius 1 is 1.25 bits per heavy atom. The maximum atomic E-state index is 0. The monoisotopic (exact) mass is 436 g/mol. The molecule has 16 valence electrons. The first-order chi connectivity index (χ1) is 0. The van der Waals surface area contributed by atoms with Crippen LogP contribution in [0.15, 0.2) is 0 Å². The molecule has 0 amide bonds. The molecule has 0 unspecified atom stereocenters. The second-order valence-electron chi connectivity index (χ2n) is 0. The van der Waals surface area contributed by atoms with Gasteiger partial charge in [-0.05, 0) is 0 Å². The van der Waals surface area contributed by atoms with Crippen molar-refractivity contribution in [3.8, 4) is 0 Å². The van der Waals surface area contributed by atoms with Crippen LogP contribution in [0.5, 0.6) is 0 Å². The van der Waals surface area contributed by atoms with Crippen molar-refractivity contribution in [1.29, 1.82) is 0 Å². The van der Waals surface area contributed by atoms with E-state index in [1.807, 2.05) is 0 Å². The van der Waals surface area contributed by atoms with Crippen molar-refractivity contribution < 1.29 is 80.5 Å². The first kappa shape index (κ1) is 24.5. The molecule has 0 aromatic rings. The zero-order valence-electron chi connectivity index (χ0n) is 3.41. The van der Waals surface area contributed by atoms with Gasteiger partial charge in [0.2, 0.25) is 0 Å². The molecule has 2 radical (unpaired) electrons. The van der Waals surface area contributed by atoms with Gasteiger partial charge in [-0.15, -0.1) is 0 Å². The molecule has 0 saturated carbocycles. The summed E-state index contributed by atoms with van der Waals surface area (Å²) in [4.78, 5) is 0. The molecule has 0 bridgehead atoms. The molecule has 4 heteroatoms. The maximum absolute atomic E-state index is 0. The molecule has 0 atom stereocenters. The van der Waals surface area contributed by atoms with Gasteiger partial charge in [0.1, 0.15) is 0 Å². The summed E-state index contributed by atoms with van der Waals surface area (Å²) in [7, 11) is 0. The van der Waals surface area contributed by atoms with Gasteiger partial charge in [-0.25, -0.2) is 0 Å². The Hall–Kier alpha value is 4.01. The average molecular weight is 434 g/mol. The zero-order chi connectivity index (χ0) is 0. The van der Waals surface area contributed by atoms with Crippen LogP contribution in [0.4, 0.5) is 0 Å². The van der Waals surface area contributed by atoms with Crippen LogP contribution < -0.4 is 51.4 Å².